The van der Waals surface area contributed by atoms with Gasteiger partial charge in [0.2, 0.25) is 5.91 Å². The number of amides is 1. The summed E-state index contributed by atoms with van der Waals surface area (Å²) in [6, 6.07) is 14.9. The highest BCUT2D eigenvalue weighted by Gasteiger charge is 2.53. The minimum Gasteiger partial charge on any atom is -0.469 e. The van der Waals surface area contributed by atoms with Crippen LogP contribution in [-0.4, -0.2) is 43.1 Å². The highest BCUT2D eigenvalue weighted by molar-refractivity contribution is 6.30. The van der Waals surface area contributed by atoms with E-state index in [1.54, 1.807) is 7.11 Å². The van der Waals surface area contributed by atoms with E-state index in [1.807, 2.05) is 74.2 Å². The summed E-state index contributed by atoms with van der Waals surface area (Å²) in [6.07, 6.45) is 0.968. The molecule has 184 valence electrons. The number of piperidine rings is 1. The lowest BCUT2D eigenvalue weighted by Gasteiger charge is -2.52. The second-order valence-corrected chi connectivity index (χ2v) is 10.2. The minimum absolute atomic E-state index is 0.00103. The largest absolute Gasteiger partial charge is 0.469 e. The van der Waals surface area contributed by atoms with Gasteiger partial charge in [0.05, 0.1) is 37.1 Å². The zero-order chi connectivity index (χ0) is 25.0. The topological polar surface area (TPSA) is 55.8 Å². The SMILES string of the molecule is CCC(C(C)OC)N1C(=O)C(C)(CC(=O)OC)CC(c2cccc(Cl)c2)C1c1ccc(Cl)cc1. The van der Waals surface area contributed by atoms with E-state index in [0.29, 0.717) is 22.9 Å². The molecule has 7 heteroatoms. The van der Waals surface area contributed by atoms with Crippen LogP contribution in [0, 0.1) is 5.41 Å². The van der Waals surface area contributed by atoms with Crippen molar-refractivity contribution < 1.29 is 19.1 Å². The molecular weight excluding hydrogens is 473 g/mol. The van der Waals surface area contributed by atoms with Crippen LogP contribution in [0.25, 0.3) is 0 Å². The Morgan fingerprint density at radius 3 is 2.35 bits per heavy atom. The molecule has 3 rings (SSSR count). The van der Waals surface area contributed by atoms with Gasteiger partial charge in [0, 0.05) is 23.1 Å². The van der Waals surface area contributed by atoms with Gasteiger partial charge in [-0.1, -0.05) is 61.3 Å². The molecule has 0 spiro atoms. The summed E-state index contributed by atoms with van der Waals surface area (Å²) in [4.78, 5) is 28.6. The van der Waals surface area contributed by atoms with Gasteiger partial charge in [0.25, 0.3) is 0 Å². The third-order valence-corrected chi connectivity index (χ3v) is 7.53. The van der Waals surface area contributed by atoms with Crippen LogP contribution in [0.15, 0.2) is 48.5 Å². The first-order valence-electron chi connectivity index (χ1n) is 11.6. The predicted octanol–water partition coefficient (Wildman–Crippen LogP) is 6.43. The van der Waals surface area contributed by atoms with E-state index in [-0.39, 0.29) is 36.4 Å². The van der Waals surface area contributed by atoms with Crippen LogP contribution in [-0.2, 0) is 19.1 Å². The molecule has 1 aliphatic heterocycles. The van der Waals surface area contributed by atoms with Gasteiger partial charge in [-0.05, 0) is 55.2 Å². The average Bonchev–Trinajstić information content (AvgIpc) is 2.82. The number of methoxy groups -OCH3 is 2. The molecular formula is C27H33Cl2NO4. The van der Waals surface area contributed by atoms with Gasteiger partial charge in [0.15, 0.2) is 0 Å². The zero-order valence-corrected chi connectivity index (χ0v) is 21.9. The summed E-state index contributed by atoms with van der Waals surface area (Å²) in [7, 11) is 3.00. The molecule has 34 heavy (non-hydrogen) atoms. The number of hydrogen-bond donors (Lipinski definition) is 0. The first-order valence-corrected chi connectivity index (χ1v) is 12.3. The van der Waals surface area contributed by atoms with Gasteiger partial charge in [-0.3, -0.25) is 9.59 Å². The lowest BCUT2D eigenvalue weighted by molar-refractivity contribution is -0.164. The Balaban J connectivity index is 2.25. The number of likely N-dealkylation sites (tertiary alicyclic amines) is 1. The van der Waals surface area contributed by atoms with Gasteiger partial charge in [-0.2, -0.15) is 0 Å². The number of hydrogen-bond acceptors (Lipinski definition) is 4. The lowest BCUT2D eigenvalue weighted by atomic mass is 9.67. The highest BCUT2D eigenvalue weighted by atomic mass is 35.5. The van der Waals surface area contributed by atoms with E-state index in [4.69, 9.17) is 32.7 Å². The first-order chi connectivity index (χ1) is 16.1. The number of ether oxygens (including phenoxy) is 2. The summed E-state index contributed by atoms with van der Waals surface area (Å²) in [5.41, 5.74) is 1.05. The number of esters is 1. The molecule has 0 aliphatic carbocycles. The zero-order valence-electron chi connectivity index (χ0n) is 20.4. The van der Waals surface area contributed by atoms with Crippen LogP contribution in [0.4, 0.5) is 0 Å². The summed E-state index contributed by atoms with van der Waals surface area (Å²) in [5, 5.41) is 1.26. The molecule has 5 unspecified atom stereocenters. The molecule has 2 aromatic rings. The molecule has 1 heterocycles. The molecule has 0 radical (unpaired) electrons. The number of carbonyl (C=O) groups excluding carboxylic acids is 2. The van der Waals surface area contributed by atoms with Gasteiger partial charge >= 0.3 is 5.97 Å². The highest BCUT2D eigenvalue weighted by Crippen LogP contribution is 2.52. The van der Waals surface area contributed by atoms with Gasteiger partial charge in [-0.15, -0.1) is 0 Å². The Labute approximate surface area is 212 Å². The molecule has 0 bridgehead atoms. The van der Waals surface area contributed by atoms with Gasteiger partial charge in [0.1, 0.15) is 0 Å². The standard InChI is InChI=1S/C27H33Cl2NO4/c1-6-23(17(2)33-4)30-25(18-10-12-20(28)13-11-18)22(19-8-7-9-21(29)14-19)15-27(3,26(30)32)16-24(31)34-5/h7-14,17,22-23,25H,6,15-16H2,1-5H3. The fourth-order valence-electron chi connectivity index (χ4n) is 5.21. The van der Waals surface area contributed by atoms with Crippen molar-refractivity contribution in [1.82, 2.24) is 4.90 Å². The molecule has 5 nitrogen and oxygen atoms in total. The Morgan fingerprint density at radius 1 is 1.12 bits per heavy atom. The number of carbonyl (C=O) groups is 2. The lowest BCUT2D eigenvalue weighted by Crippen LogP contribution is -2.58. The summed E-state index contributed by atoms with van der Waals surface area (Å²) in [6.45, 7) is 5.88. The van der Waals surface area contributed by atoms with Crippen molar-refractivity contribution in [3.63, 3.8) is 0 Å². The fraction of sp³-hybridized carbons (Fsp3) is 0.481. The molecule has 5 atom stereocenters. The Bertz CT molecular complexity index is 1010. The monoisotopic (exact) mass is 505 g/mol. The molecule has 0 N–H and O–H groups in total. The number of halogens is 2. The maximum absolute atomic E-state index is 14.2. The summed E-state index contributed by atoms with van der Waals surface area (Å²) >= 11 is 12.6. The number of benzene rings is 2. The molecule has 2 aromatic carbocycles. The summed E-state index contributed by atoms with van der Waals surface area (Å²) in [5.74, 6) is -0.587. The first kappa shape index (κ1) is 26.5. The molecule has 1 fully saturated rings. The van der Waals surface area contributed by atoms with E-state index in [0.717, 1.165) is 11.1 Å². The van der Waals surface area contributed by atoms with Gasteiger partial charge < -0.3 is 14.4 Å². The molecule has 0 saturated carbocycles. The third-order valence-electron chi connectivity index (χ3n) is 7.04. The Kier molecular flexibility index (Phi) is 8.66. The van der Waals surface area contributed by atoms with Crippen LogP contribution in [0.2, 0.25) is 10.0 Å². The number of nitrogens with zero attached hydrogens (tertiary/aromatic N) is 1. The number of rotatable bonds is 8. The molecule has 1 saturated heterocycles. The molecule has 1 amide bonds. The molecule has 1 aliphatic rings. The van der Waals surface area contributed by atoms with E-state index in [2.05, 4.69) is 0 Å². The van der Waals surface area contributed by atoms with E-state index >= 15 is 0 Å². The third kappa shape index (κ3) is 5.42. The van der Waals surface area contributed by atoms with Crippen molar-refractivity contribution in [2.45, 2.75) is 64.1 Å². The van der Waals surface area contributed by atoms with Crippen LogP contribution in [0.5, 0.6) is 0 Å². The van der Waals surface area contributed by atoms with Crippen molar-refractivity contribution in [2.24, 2.45) is 5.41 Å². The Hall–Kier alpha value is -2.08. The second kappa shape index (κ2) is 11.1. The van der Waals surface area contributed by atoms with E-state index in [9.17, 15) is 9.59 Å². The quantitative estimate of drug-likeness (QED) is 0.387. The van der Waals surface area contributed by atoms with Gasteiger partial charge in [-0.25, -0.2) is 0 Å². The molecule has 0 aromatic heterocycles. The maximum Gasteiger partial charge on any atom is 0.306 e. The van der Waals surface area contributed by atoms with Crippen molar-refractivity contribution >= 4 is 35.1 Å². The van der Waals surface area contributed by atoms with Crippen LogP contribution in [0.1, 0.15) is 63.1 Å². The van der Waals surface area contributed by atoms with Crippen LogP contribution >= 0.6 is 23.2 Å². The van der Waals surface area contributed by atoms with Crippen molar-refractivity contribution in [1.29, 1.82) is 0 Å². The van der Waals surface area contributed by atoms with Crippen LogP contribution in [0.3, 0.4) is 0 Å². The van der Waals surface area contributed by atoms with Crippen molar-refractivity contribution in [3.8, 4) is 0 Å². The van der Waals surface area contributed by atoms with Crippen molar-refractivity contribution in [2.75, 3.05) is 14.2 Å². The van der Waals surface area contributed by atoms with Crippen LogP contribution < -0.4 is 0 Å². The van der Waals surface area contributed by atoms with E-state index < -0.39 is 11.4 Å². The Morgan fingerprint density at radius 2 is 1.79 bits per heavy atom. The fourth-order valence-corrected chi connectivity index (χ4v) is 5.54. The minimum atomic E-state index is -0.941. The second-order valence-electron chi connectivity index (χ2n) is 9.30. The summed E-state index contributed by atoms with van der Waals surface area (Å²) < 4.78 is 10.7. The smallest absolute Gasteiger partial charge is 0.306 e. The average molecular weight is 506 g/mol. The van der Waals surface area contributed by atoms with E-state index in [1.165, 1.54) is 7.11 Å². The van der Waals surface area contributed by atoms with Crippen molar-refractivity contribution in [3.05, 3.63) is 69.7 Å². The predicted molar refractivity (Wildman–Crippen MR) is 135 cm³/mol. The maximum atomic E-state index is 14.2. The normalized spacial score (nSPS) is 24.6.